The van der Waals surface area contributed by atoms with E-state index >= 15 is 0 Å². The number of halogens is 1. The minimum atomic E-state index is -1.79. The van der Waals surface area contributed by atoms with Crippen LogP contribution in [0.1, 0.15) is 6.92 Å². The van der Waals surface area contributed by atoms with E-state index in [2.05, 4.69) is 0 Å². The van der Waals surface area contributed by atoms with Crippen molar-refractivity contribution in [1.82, 2.24) is 0 Å². The molecule has 0 unspecified atom stereocenters. The second-order valence-corrected chi connectivity index (χ2v) is 10.8. The van der Waals surface area contributed by atoms with E-state index in [1.807, 2.05) is 19.2 Å². The molecule has 0 aliphatic rings. The van der Waals surface area contributed by atoms with Crippen LogP contribution in [0.4, 0.5) is 0 Å². The fraction of sp³-hybridized carbons (Fsp3) is 0.364. The second kappa shape index (κ2) is 5.36. The third kappa shape index (κ3) is 4.68. The van der Waals surface area contributed by atoms with E-state index in [9.17, 15) is 4.79 Å². The zero-order valence-corrected chi connectivity index (χ0v) is 11.4. The average molecular weight is 259 g/mol. The number of rotatable bonds is 4. The molecule has 3 nitrogen and oxygen atoms in total. The van der Waals surface area contributed by atoms with Crippen LogP contribution in [0.15, 0.2) is 24.3 Å². The van der Waals surface area contributed by atoms with Crippen LogP contribution < -0.4 is 9.47 Å². The van der Waals surface area contributed by atoms with Gasteiger partial charge in [-0.1, -0.05) is 25.2 Å². The SMILES string of the molecule is CC(=O)Oc1ccccc1OC[Si](C)(C)Cl. The molecule has 16 heavy (non-hydrogen) atoms. The molecule has 0 N–H and O–H groups in total. The zero-order valence-electron chi connectivity index (χ0n) is 9.62. The summed E-state index contributed by atoms with van der Waals surface area (Å²) >= 11 is 6.15. The monoisotopic (exact) mass is 258 g/mol. The van der Waals surface area contributed by atoms with E-state index in [4.69, 9.17) is 20.6 Å². The van der Waals surface area contributed by atoms with Gasteiger partial charge in [0, 0.05) is 6.92 Å². The summed E-state index contributed by atoms with van der Waals surface area (Å²) in [5, 5.41) is 0. The Balaban J connectivity index is 2.75. The first-order valence-corrected chi connectivity index (χ1v) is 9.19. The molecule has 0 amide bonds. The number of para-hydroxylation sites is 2. The van der Waals surface area contributed by atoms with Gasteiger partial charge in [-0.3, -0.25) is 4.79 Å². The van der Waals surface area contributed by atoms with Gasteiger partial charge in [-0.15, -0.1) is 0 Å². The molecule has 0 saturated carbocycles. The van der Waals surface area contributed by atoms with Crippen molar-refractivity contribution >= 4 is 24.4 Å². The molecule has 0 atom stereocenters. The van der Waals surface area contributed by atoms with Gasteiger partial charge in [0.2, 0.25) is 0 Å². The minimum Gasteiger partial charge on any atom is -0.492 e. The fourth-order valence-electron chi connectivity index (χ4n) is 1.06. The van der Waals surface area contributed by atoms with E-state index in [-0.39, 0.29) is 5.97 Å². The number of ether oxygens (including phenoxy) is 2. The van der Waals surface area contributed by atoms with Gasteiger partial charge in [-0.2, -0.15) is 11.1 Å². The lowest BCUT2D eigenvalue weighted by Gasteiger charge is -2.16. The molecule has 0 aromatic heterocycles. The van der Waals surface area contributed by atoms with Crippen molar-refractivity contribution in [3.05, 3.63) is 24.3 Å². The highest BCUT2D eigenvalue weighted by Gasteiger charge is 2.19. The summed E-state index contributed by atoms with van der Waals surface area (Å²) in [7, 11) is -1.79. The number of hydrogen-bond donors (Lipinski definition) is 0. The highest BCUT2D eigenvalue weighted by atomic mass is 35.6. The van der Waals surface area contributed by atoms with Crippen molar-refractivity contribution < 1.29 is 14.3 Å². The summed E-state index contributed by atoms with van der Waals surface area (Å²) < 4.78 is 10.6. The molecule has 0 spiro atoms. The summed E-state index contributed by atoms with van der Waals surface area (Å²) in [4.78, 5) is 10.9. The van der Waals surface area contributed by atoms with Crippen LogP contribution in [0.25, 0.3) is 0 Å². The molecule has 0 saturated heterocycles. The van der Waals surface area contributed by atoms with E-state index < -0.39 is 7.38 Å². The Morgan fingerprint density at radius 2 is 1.88 bits per heavy atom. The lowest BCUT2D eigenvalue weighted by molar-refractivity contribution is -0.132. The van der Waals surface area contributed by atoms with Crippen molar-refractivity contribution in [2.45, 2.75) is 20.0 Å². The quantitative estimate of drug-likeness (QED) is 0.361. The Kier molecular flexibility index (Phi) is 4.38. The molecule has 1 aromatic rings. The molecule has 0 radical (unpaired) electrons. The number of esters is 1. The van der Waals surface area contributed by atoms with Crippen LogP contribution >= 0.6 is 11.1 Å². The Morgan fingerprint density at radius 3 is 2.38 bits per heavy atom. The normalized spacial score (nSPS) is 11.0. The van der Waals surface area contributed by atoms with E-state index in [1.165, 1.54) is 6.92 Å². The van der Waals surface area contributed by atoms with Crippen LogP contribution in [-0.2, 0) is 4.79 Å². The molecule has 0 heterocycles. The highest BCUT2D eigenvalue weighted by Crippen LogP contribution is 2.27. The Hall–Kier alpha value is -1.00. The van der Waals surface area contributed by atoms with Crippen molar-refractivity contribution in [1.29, 1.82) is 0 Å². The van der Waals surface area contributed by atoms with Gasteiger partial charge in [0.1, 0.15) is 0 Å². The van der Waals surface area contributed by atoms with Gasteiger partial charge in [-0.25, -0.2) is 0 Å². The van der Waals surface area contributed by atoms with Gasteiger partial charge in [0.05, 0.1) is 6.23 Å². The summed E-state index contributed by atoms with van der Waals surface area (Å²) in [6, 6.07) is 7.06. The highest BCUT2D eigenvalue weighted by molar-refractivity contribution is 7.19. The fourth-order valence-corrected chi connectivity index (χ4v) is 1.72. The van der Waals surface area contributed by atoms with Gasteiger partial charge in [0.15, 0.2) is 18.9 Å². The largest absolute Gasteiger partial charge is 0.492 e. The van der Waals surface area contributed by atoms with Crippen LogP contribution in [0.5, 0.6) is 11.5 Å². The molecule has 0 bridgehead atoms. The number of benzene rings is 1. The van der Waals surface area contributed by atoms with Crippen LogP contribution in [0, 0.1) is 0 Å². The number of carbonyl (C=O) groups excluding carboxylic acids is 1. The van der Waals surface area contributed by atoms with Gasteiger partial charge >= 0.3 is 5.97 Å². The maximum Gasteiger partial charge on any atom is 0.308 e. The van der Waals surface area contributed by atoms with Crippen molar-refractivity contribution in [3.8, 4) is 11.5 Å². The van der Waals surface area contributed by atoms with Crippen LogP contribution in [-0.4, -0.2) is 19.6 Å². The third-order valence-electron chi connectivity index (χ3n) is 1.67. The van der Waals surface area contributed by atoms with E-state index in [0.29, 0.717) is 17.7 Å². The van der Waals surface area contributed by atoms with Crippen LogP contribution in [0.2, 0.25) is 13.1 Å². The maximum atomic E-state index is 10.9. The summed E-state index contributed by atoms with van der Waals surface area (Å²) in [6.07, 6.45) is 0.479. The van der Waals surface area contributed by atoms with Crippen molar-refractivity contribution in [2.24, 2.45) is 0 Å². The van der Waals surface area contributed by atoms with Crippen LogP contribution in [0.3, 0.4) is 0 Å². The third-order valence-corrected chi connectivity index (χ3v) is 2.83. The topological polar surface area (TPSA) is 35.5 Å². The number of hydrogen-bond acceptors (Lipinski definition) is 3. The maximum absolute atomic E-state index is 10.9. The zero-order chi connectivity index (χ0) is 12.2. The smallest absolute Gasteiger partial charge is 0.308 e. The summed E-state index contributed by atoms with van der Waals surface area (Å²) in [6.45, 7) is 5.34. The molecular formula is C11H15ClO3Si. The van der Waals surface area contributed by atoms with Gasteiger partial charge < -0.3 is 9.47 Å². The molecule has 0 fully saturated rings. The Labute approximate surface area is 101 Å². The predicted molar refractivity (Wildman–Crippen MR) is 66.6 cm³/mol. The molecule has 1 aromatic carbocycles. The average Bonchev–Trinajstić information content (AvgIpc) is 2.14. The Bertz CT molecular complexity index is 374. The lowest BCUT2D eigenvalue weighted by atomic mass is 10.3. The molecular weight excluding hydrogens is 244 g/mol. The van der Waals surface area contributed by atoms with E-state index in [1.54, 1.807) is 18.2 Å². The predicted octanol–water partition coefficient (Wildman–Crippen LogP) is 2.97. The second-order valence-electron chi connectivity index (χ2n) is 4.05. The lowest BCUT2D eigenvalue weighted by Crippen LogP contribution is -2.27. The van der Waals surface area contributed by atoms with Crippen molar-refractivity contribution in [3.63, 3.8) is 0 Å². The van der Waals surface area contributed by atoms with Gasteiger partial charge in [-0.05, 0) is 12.1 Å². The minimum absolute atomic E-state index is 0.363. The molecule has 88 valence electrons. The molecule has 1 rings (SSSR count). The Morgan fingerprint density at radius 1 is 1.31 bits per heavy atom. The van der Waals surface area contributed by atoms with E-state index in [0.717, 1.165) is 0 Å². The standard InChI is InChI=1S/C11H15ClO3Si/c1-9(13)15-11-7-5-4-6-10(11)14-8-16(2,3)12/h4-7H,8H2,1-3H3. The first-order valence-electron chi connectivity index (χ1n) is 4.98. The number of carbonyl (C=O) groups is 1. The molecule has 0 aliphatic carbocycles. The summed E-state index contributed by atoms with van der Waals surface area (Å²) in [5.41, 5.74) is 0. The van der Waals surface area contributed by atoms with Gasteiger partial charge in [0.25, 0.3) is 0 Å². The molecule has 0 aliphatic heterocycles. The van der Waals surface area contributed by atoms with Crippen molar-refractivity contribution in [2.75, 3.05) is 6.23 Å². The first-order chi connectivity index (χ1) is 7.38. The first kappa shape index (κ1) is 13.1. The molecule has 5 heteroatoms. The summed E-state index contributed by atoms with van der Waals surface area (Å²) in [5.74, 6) is 0.627.